The van der Waals surface area contributed by atoms with Crippen molar-refractivity contribution in [2.45, 2.75) is 10.3 Å². The SMILES string of the molecule is CN(C(=O)c1cc(NC(=O)[C@@H]2[C@@H](c3cc(Cl)cc(C#N)c3)C2(Cl)Cl)ccc1Cl)c1ccc(F)cc1. The highest BCUT2D eigenvalue weighted by atomic mass is 35.5. The molecule has 0 aromatic heterocycles. The van der Waals surface area contributed by atoms with Gasteiger partial charge in [-0.15, -0.1) is 23.2 Å². The van der Waals surface area contributed by atoms with Crippen LogP contribution in [0, 0.1) is 23.1 Å². The Balaban J connectivity index is 1.54. The first-order chi connectivity index (χ1) is 16.5. The molecule has 178 valence electrons. The van der Waals surface area contributed by atoms with Crippen molar-refractivity contribution in [3.8, 4) is 6.07 Å². The fraction of sp³-hybridized carbons (Fsp3) is 0.160. The number of alkyl halides is 2. The quantitative estimate of drug-likeness (QED) is 0.355. The molecule has 0 heterocycles. The van der Waals surface area contributed by atoms with E-state index in [-0.39, 0.29) is 10.6 Å². The third-order valence-electron chi connectivity index (χ3n) is 5.73. The summed E-state index contributed by atoms with van der Waals surface area (Å²) >= 11 is 25.2. The van der Waals surface area contributed by atoms with Crippen LogP contribution < -0.4 is 10.2 Å². The van der Waals surface area contributed by atoms with E-state index in [1.165, 1.54) is 54.4 Å². The maximum Gasteiger partial charge on any atom is 0.259 e. The number of hydrogen-bond donors (Lipinski definition) is 1. The summed E-state index contributed by atoms with van der Waals surface area (Å²) in [7, 11) is 1.53. The van der Waals surface area contributed by atoms with Gasteiger partial charge in [-0.2, -0.15) is 5.26 Å². The number of nitriles is 1. The maximum absolute atomic E-state index is 13.2. The lowest BCUT2D eigenvalue weighted by molar-refractivity contribution is -0.117. The van der Waals surface area contributed by atoms with Crippen LogP contribution in [0.4, 0.5) is 15.8 Å². The lowest BCUT2D eigenvalue weighted by atomic mass is 10.1. The molecule has 4 rings (SSSR count). The Labute approximate surface area is 220 Å². The van der Waals surface area contributed by atoms with Gasteiger partial charge in [0.2, 0.25) is 5.91 Å². The first-order valence-corrected chi connectivity index (χ1v) is 11.8. The smallest absolute Gasteiger partial charge is 0.259 e. The van der Waals surface area contributed by atoms with E-state index in [9.17, 15) is 19.2 Å². The normalized spacial score (nSPS) is 17.9. The Morgan fingerprint density at radius 2 is 1.74 bits per heavy atom. The van der Waals surface area contributed by atoms with Crippen molar-refractivity contribution in [2.24, 2.45) is 5.92 Å². The summed E-state index contributed by atoms with van der Waals surface area (Å²) in [5.74, 6) is -2.73. The van der Waals surface area contributed by atoms with Crippen molar-refractivity contribution < 1.29 is 14.0 Å². The number of anilines is 2. The molecule has 1 aliphatic carbocycles. The van der Waals surface area contributed by atoms with Gasteiger partial charge < -0.3 is 10.2 Å². The molecule has 3 aromatic carbocycles. The van der Waals surface area contributed by atoms with Gasteiger partial charge in [-0.05, 0) is 66.2 Å². The topological polar surface area (TPSA) is 73.2 Å². The Morgan fingerprint density at radius 3 is 2.40 bits per heavy atom. The van der Waals surface area contributed by atoms with Crippen LogP contribution in [0.1, 0.15) is 27.4 Å². The van der Waals surface area contributed by atoms with E-state index in [2.05, 4.69) is 5.32 Å². The molecule has 2 atom stereocenters. The number of benzene rings is 3. The molecule has 0 saturated heterocycles. The van der Waals surface area contributed by atoms with Gasteiger partial charge in [-0.1, -0.05) is 23.2 Å². The molecular formula is C25H16Cl4FN3O2. The van der Waals surface area contributed by atoms with Crippen LogP contribution in [0.5, 0.6) is 0 Å². The highest BCUT2D eigenvalue weighted by Crippen LogP contribution is 2.65. The summed E-state index contributed by atoms with van der Waals surface area (Å²) in [6.07, 6.45) is 0. The zero-order chi connectivity index (χ0) is 25.5. The van der Waals surface area contributed by atoms with E-state index >= 15 is 0 Å². The molecule has 0 radical (unpaired) electrons. The van der Waals surface area contributed by atoms with Gasteiger partial charge >= 0.3 is 0 Å². The van der Waals surface area contributed by atoms with Crippen molar-refractivity contribution in [3.05, 3.63) is 93.2 Å². The van der Waals surface area contributed by atoms with Crippen molar-refractivity contribution in [1.82, 2.24) is 0 Å². The molecule has 0 bridgehead atoms. The third kappa shape index (κ3) is 5.10. The highest BCUT2D eigenvalue weighted by molar-refractivity contribution is 6.53. The Hall–Kier alpha value is -2.82. The molecule has 0 spiro atoms. The number of rotatable bonds is 5. The van der Waals surface area contributed by atoms with Crippen LogP contribution in [0.25, 0.3) is 0 Å². The number of nitrogens with one attached hydrogen (secondary N) is 1. The van der Waals surface area contributed by atoms with Crippen LogP contribution in [-0.2, 0) is 4.79 Å². The molecule has 35 heavy (non-hydrogen) atoms. The fourth-order valence-electron chi connectivity index (χ4n) is 3.87. The Bertz CT molecular complexity index is 1370. The van der Waals surface area contributed by atoms with E-state index in [0.717, 1.165) is 0 Å². The van der Waals surface area contributed by atoms with Crippen LogP contribution in [0.15, 0.2) is 60.7 Å². The molecule has 0 unspecified atom stereocenters. The van der Waals surface area contributed by atoms with Crippen LogP contribution in [0.3, 0.4) is 0 Å². The summed E-state index contributed by atoms with van der Waals surface area (Å²) in [6, 6.07) is 16.6. The van der Waals surface area contributed by atoms with Gasteiger partial charge in [0.05, 0.1) is 28.1 Å². The second-order valence-electron chi connectivity index (χ2n) is 8.04. The van der Waals surface area contributed by atoms with E-state index in [1.807, 2.05) is 6.07 Å². The minimum absolute atomic E-state index is 0.139. The van der Waals surface area contributed by atoms with Gasteiger partial charge in [-0.25, -0.2) is 4.39 Å². The molecule has 3 aromatic rings. The van der Waals surface area contributed by atoms with E-state index in [0.29, 0.717) is 27.5 Å². The summed E-state index contributed by atoms with van der Waals surface area (Å²) < 4.78 is 11.8. The fourth-order valence-corrected chi connectivity index (χ4v) is 5.14. The minimum atomic E-state index is -1.39. The van der Waals surface area contributed by atoms with E-state index in [1.54, 1.807) is 18.2 Å². The lowest BCUT2D eigenvalue weighted by Gasteiger charge is -2.18. The van der Waals surface area contributed by atoms with Crippen molar-refractivity contribution in [1.29, 1.82) is 5.26 Å². The number of nitrogens with zero attached hydrogens (tertiary/aromatic N) is 2. The average Bonchev–Trinajstić information content (AvgIpc) is 3.41. The summed E-state index contributed by atoms with van der Waals surface area (Å²) in [5, 5.41) is 12.4. The lowest BCUT2D eigenvalue weighted by Crippen LogP contribution is -2.26. The summed E-state index contributed by atoms with van der Waals surface area (Å²) in [4.78, 5) is 27.4. The van der Waals surface area contributed by atoms with Crippen molar-refractivity contribution in [3.63, 3.8) is 0 Å². The zero-order valence-electron chi connectivity index (χ0n) is 18.0. The Morgan fingerprint density at radius 1 is 1.06 bits per heavy atom. The first-order valence-electron chi connectivity index (χ1n) is 10.3. The van der Waals surface area contributed by atoms with Crippen LogP contribution >= 0.6 is 46.4 Å². The first kappa shape index (κ1) is 25.3. The number of amides is 2. The highest BCUT2D eigenvalue weighted by Gasteiger charge is 2.67. The summed E-state index contributed by atoms with van der Waals surface area (Å²) in [6.45, 7) is 0. The molecule has 0 aliphatic heterocycles. The number of halogens is 5. The molecule has 1 N–H and O–H groups in total. The molecule has 10 heteroatoms. The Kier molecular flexibility index (Phi) is 6.99. The molecule has 1 saturated carbocycles. The molecule has 1 aliphatic rings. The molecule has 2 amide bonds. The standard InChI is InChI=1S/C25H16Cl4FN3O2/c1-33(18-5-2-16(30)3-6-18)24(35)19-11-17(4-7-20(19)27)32-23(34)22-21(25(22,28)29)14-8-13(12-31)9-15(26)10-14/h2-11,21-22H,1H3,(H,32,34)/t21-,22+/m1/s1. The predicted molar refractivity (Wildman–Crippen MR) is 136 cm³/mol. The van der Waals surface area contributed by atoms with Crippen molar-refractivity contribution in [2.75, 3.05) is 17.3 Å². The average molecular weight is 551 g/mol. The predicted octanol–water partition coefficient (Wildman–Crippen LogP) is 6.81. The van der Waals surface area contributed by atoms with Gasteiger partial charge in [0.15, 0.2) is 0 Å². The minimum Gasteiger partial charge on any atom is -0.326 e. The van der Waals surface area contributed by atoms with Gasteiger partial charge in [-0.3, -0.25) is 9.59 Å². The summed E-state index contributed by atoms with van der Waals surface area (Å²) in [5.41, 5.74) is 1.82. The second-order valence-corrected chi connectivity index (χ2v) is 10.3. The zero-order valence-corrected chi connectivity index (χ0v) is 21.1. The maximum atomic E-state index is 13.2. The molecular weight excluding hydrogens is 535 g/mol. The number of carbonyl (C=O) groups excluding carboxylic acids is 2. The van der Waals surface area contributed by atoms with Gasteiger partial charge in [0.25, 0.3) is 5.91 Å². The number of carbonyl (C=O) groups is 2. The second kappa shape index (κ2) is 9.67. The van der Waals surface area contributed by atoms with Crippen LogP contribution in [0.2, 0.25) is 10.0 Å². The molecule has 1 fully saturated rings. The monoisotopic (exact) mass is 549 g/mol. The van der Waals surface area contributed by atoms with Crippen LogP contribution in [-0.4, -0.2) is 23.2 Å². The largest absolute Gasteiger partial charge is 0.326 e. The van der Waals surface area contributed by atoms with Gasteiger partial charge in [0.1, 0.15) is 10.2 Å². The third-order valence-corrected chi connectivity index (χ3v) is 7.22. The van der Waals surface area contributed by atoms with Crippen molar-refractivity contribution >= 4 is 69.6 Å². The van der Waals surface area contributed by atoms with Gasteiger partial charge in [0, 0.05) is 29.4 Å². The van der Waals surface area contributed by atoms with E-state index in [4.69, 9.17) is 46.4 Å². The van der Waals surface area contributed by atoms with E-state index < -0.39 is 33.8 Å². The number of hydrogen-bond acceptors (Lipinski definition) is 3. The molecule has 5 nitrogen and oxygen atoms in total.